The summed E-state index contributed by atoms with van der Waals surface area (Å²) in [6.07, 6.45) is 8.33. The zero-order valence-electron chi connectivity index (χ0n) is 11.9. The van der Waals surface area contributed by atoms with Crippen molar-refractivity contribution in [2.75, 3.05) is 39.9 Å². The molecule has 0 aromatic carbocycles. The molecule has 2 saturated heterocycles. The number of hydrogen-bond donors (Lipinski definition) is 1. The molecule has 0 bridgehead atoms. The molecule has 4 heteroatoms. The molecule has 4 nitrogen and oxygen atoms in total. The maximum atomic E-state index is 12.2. The van der Waals surface area contributed by atoms with Gasteiger partial charge >= 0.3 is 0 Å². The highest BCUT2D eigenvalue weighted by molar-refractivity contribution is 5.87. The minimum absolute atomic E-state index is 0.187. The third-order valence-electron chi connectivity index (χ3n) is 4.10. The Balaban J connectivity index is 1.79. The molecule has 1 N–H and O–H groups in total. The Hall–Kier alpha value is -0.870. The summed E-state index contributed by atoms with van der Waals surface area (Å²) in [7, 11) is 1.98. The number of amides is 1. The normalized spacial score (nSPS) is 25.9. The van der Waals surface area contributed by atoms with E-state index in [1.54, 1.807) is 6.08 Å². The van der Waals surface area contributed by atoms with Crippen LogP contribution in [0.1, 0.15) is 25.7 Å². The molecule has 0 saturated carbocycles. The Kier molecular flexibility index (Phi) is 5.86. The Morgan fingerprint density at radius 3 is 2.89 bits per heavy atom. The molecule has 2 aliphatic rings. The van der Waals surface area contributed by atoms with Crippen LogP contribution in [-0.2, 0) is 9.53 Å². The van der Waals surface area contributed by atoms with Gasteiger partial charge in [0.25, 0.3) is 0 Å². The molecule has 2 rings (SSSR count). The number of rotatable bonds is 4. The molecule has 1 atom stereocenters. The highest BCUT2D eigenvalue weighted by Crippen LogP contribution is 2.18. The maximum absolute atomic E-state index is 12.2. The van der Waals surface area contributed by atoms with Gasteiger partial charge in [-0.1, -0.05) is 6.08 Å². The van der Waals surface area contributed by atoms with Crippen molar-refractivity contribution in [3.63, 3.8) is 0 Å². The van der Waals surface area contributed by atoms with E-state index in [0.29, 0.717) is 11.8 Å². The molecule has 0 radical (unpaired) electrons. The fourth-order valence-electron chi connectivity index (χ4n) is 2.95. The number of carbonyl (C=O) groups is 1. The van der Waals surface area contributed by atoms with Gasteiger partial charge in [0.2, 0.25) is 5.91 Å². The zero-order chi connectivity index (χ0) is 13.5. The van der Waals surface area contributed by atoms with Gasteiger partial charge in [0, 0.05) is 26.3 Å². The molecule has 2 aliphatic heterocycles. The molecular weight excluding hydrogens is 240 g/mol. The van der Waals surface area contributed by atoms with Gasteiger partial charge in [0.05, 0.1) is 0 Å². The van der Waals surface area contributed by atoms with E-state index in [0.717, 1.165) is 52.1 Å². The largest absolute Gasteiger partial charge is 0.381 e. The lowest BCUT2D eigenvalue weighted by Crippen LogP contribution is -2.41. The van der Waals surface area contributed by atoms with Crippen molar-refractivity contribution in [3.8, 4) is 0 Å². The van der Waals surface area contributed by atoms with E-state index in [1.807, 2.05) is 11.9 Å². The van der Waals surface area contributed by atoms with E-state index in [4.69, 9.17) is 4.74 Å². The van der Waals surface area contributed by atoms with Crippen molar-refractivity contribution >= 4 is 5.91 Å². The van der Waals surface area contributed by atoms with Crippen LogP contribution in [-0.4, -0.2) is 50.7 Å². The lowest BCUT2D eigenvalue weighted by atomic mass is 9.97. The van der Waals surface area contributed by atoms with Crippen LogP contribution >= 0.6 is 0 Å². The quantitative estimate of drug-likeness (QED) is 0.783. The van der Waals surface area contributed by atoms with Crippen LogP contribution in [0.2, 0.25) is 0 Å². The second-order valence-electron chi connectivity index (χ2n) is 5.66. The van der Waals surface area contributed by atoms with Gasteiger partial charge in [-0.15, -0.1) is 0 Å². The minimum atomic E-state index is 0.187. The summed E-state index contributed by atoms with van der Waals surface area (Å²) in [5.41, 5.74) is 0. The number of allylic oxidation sites excluding steroid dienone is 1. The van der Waals surface area contributed by atoms with Crippen molar-refractivity contribution in [2.45, 2.75) is 25.7 Å². The van der Waals surface area contributed by atoms with Gasteiger partial charge < -0.3 is 15.0 Å². The maximum Gasteiger partial charge on any atom is 0.246 e. The predicted molar refractivity (Wildman–Crippen MR) is 75.9 cm³/mol. The monoisotopic (exact) mass is 266 g/mol. The van der Waals surface area contributed by atoms with Crippen molar-refractivity contribution in [3.05, 3.63) is 12.2 Å². The van der Waals surface area contributed by atoms with Crippen LogP contribution in [0.25, 0.3) is 0 Å². The Morgan fingerprint density at radius 2 is 2.16 bits per heavy atom. The molecule has 0 aromatic rings. The SMILES string of the molecule is CNCC1CCCN(C(=O)/C=C/C2CCOCC2)C1. The van der Waals surface area contributed by atoms with Gasteiger partial charge in [0.15, 0.2) is 0 Å². The van der Waals surface area contributed by atoms with E-state index in [1.165, 1.54) is 6.42 Å². The molecule has 1 amide bonds. The number of nitrogens with one attached hydrogen (secondary N) is 1. The molecule has 2 fully saturated rings. The molecule has 0 spiro atoms. The lowest BCUT2D eigenvalue weighted by Gasteiger charge is -2.32. The van der Waals surface area contributed by atoms with Gasteiger partial charge in [-0.3, -0.25) is 4.79 Å². The summed E-state index contributed by atoms with van der Waals surface area (Å²) in [4.78, 5) is 14.2. The Bertz CT molecular complexity index is 309. The number of hydrogen-bond acceptors (Lipinski definition) is 3. The molecule has 1 unspecified atom stereocenters. The van der Waals surface area contributed by atoms with E-state index < -0.39 is 0 Å². The van der Waals surface area contributed by atoms with Crippen LogP contribution in [0.3, 0.4) is 0 Å². The molecule has 0 aromatic heterocycles. The van der Waals surface area contributed by atoms with Gasteiger partial charge in [0.1, 0.15) is 0 Å². The molecule has 2 heterocycles. The van der Waals surface area contributed by atoms with Crippen LogP contribution < -0.4 is 5.32 Å². The van der Waals surface area contributed by atoms with Crippen molar-refractivity contribution in [2.24, 2.45) is 11.8 Å². The summed E-state index contributed by atoms with van der Waals surface area (Å²) in [6.45, 7) is 4.48. The van der Waals surface area contributed by atoms with Crippen LogP contribution in [0, 0.1) is 11.8 Å². The summed E-state index contributed by atoms with van der Waals surface area (Å²) in [6, 6.07) is 0. The topological polar surface area (TPSA) is 41.6 Å². The highest BCUT2D eigenvalue weighted by Gasteiger charge is 2.22. The second kappa shape index (κ2) is 7.65. The standard InChI is InChI=1S/C15H26N2O2/c1-16-11-14-3-2-8-17(12-14)15(18)5-4-13-6-9-19-10-7-13/h4-5,13-14,16H,2-3,6-12H2,1H3/b5-4+. The Morgan fingerprint density at radius 1 is 1.37 bits per heavy atom. The summed E-state index contributed by atoms with van der Waals surface area (Å²) in [5.74, 6) is 1.32. The number of carbonyl (C=O) groups excluding carboxylic acids is 1. The highest BCUT2D eigenvalue weighted by atomic mass is 16.5. The van der Waals surface area contributed by atoms with E-state index in [2.05, 4.69) is 11.4 Å². The van der Waals surface area contributed by atoms with Crippen LogP contribution in [0.5, 0.6) is 0 Å². The summed E-state index contributed by atoms with van der Waals surface area (Å²) in [5, 5.41) is 3.21. The average molecular weight is 266 g/mol. The first kappa shape index (κ1) is 14.5. The smallest absolute Gasteiger partial charge is 0.246 e. The van der Waals surface area contributed by atoms with Crippen molar-refractivity contribution in [1.82, 2.24) is 10.2 Å². The summed E-state index contributed by atoms with van der Waals surface area (Å²) < 4.78 is 5.33. The van der Waals surface area contributed by atoms with Gasteiger partial charge in [-0.25, -0.2) is 0 Å². The lowest BCUT2D eigenvalue weighted by molar-refractivity contribution is -0.127. The first-order valence-corrected chi connectivity index (χ1v) is 7.49. The van der Waals surface area contributed by atoms with E-state index >= 15 is 0 Å². The molecule has 19 heavy (non-hydrogen) atoms. The fourth-order valence-corrected chi connectivity index (χ4v) is 2.95. The second-order valence-corrected chi connectivity index (χ2v) is 5.66. The number of likely N-dealkylation sites (tertiary alicyclic amines) is 1. The molecule has 108 valence electrons. The minimum Gasteiger partial charge on any atom is -0.381 e. The third kappa shape index (κ3) is 4.62. The number of nitrogens with zero attached hydrogens (tertiary/aromatic N) is 1. The fraction of sp³-hybridized carbons (Fsp3) is 0.800. The molecular formula is C15H26N2O2. The van der Waals surface area contributed by atoms with Crippen molar-refractivity contribution in [1.29, 1.82) is 0 Å². The van der Waals surface area contributed by atoms with Gasteiger partial charge in [-0.2, -0.15) is 0 Å². The first-order valence-electron chi connectivity index (χ1n) is 7.49. The number of ether oxygens (including phenoxy) is 1. The first-order chi connectivity index (χ1) is 9.29. The zero-order valence-corrected chi connectivity index (χ0v) is 11.9. The van der Waals surface area contributed by atoms with E-state index in [9.17, 15) is 4.79 Å². The Labute approximate surface area is 116 Å². The van der Waals surface area contributed by atoms with E-state index in [-0.39, 0.29) is 5.91 Å². The summed E-state index contributed by atoms with van der Waals surface area (Å²) >= 11 is 0. The van der Waals surface area contributed by atoms with Gasteiger partial charge in [-0.05, 0) is 57.2 Å². The molecule has 0 aliphatic carbocycles. The number of piperidine rings is 1. The van der Waals surface area contributed by atoms with Crippen LogP contribution in [0.4, 0.5) is 0 Å². The predicted octanol–water partition coefficient (Wildman–Crippen LogP) is 1.43. The third-order valence-corrected chi connectivity index (χ3v) is 4.10. The van der Waals surface area contributed by atoms with Crippen molar-refractivity contribution < 1.29 is 9.53 Å². The average Bonchev–Trinajstić information content (AvgIpc) is 2.46. The van der Waals surface area contributed by atoms with Crippen LogP contribution in [0.15, 0.2) is 12.2 Å².